The SMILES string of the molecule is CS(=O)(=O)Nc1ccc(Nc2ccc(Cl)cc2N)cc1. The topological polar surface area (TPSA) is 84.2 Å². The number of nitrogens with two attached hydrogens (primary N) is 1. The van der Waals surface area contributed by atoms with Gasteiger partial charge in [0.25, 0.3) is 0 Å². The molecule has 0 spiro atoms. The van der Waals surface area contributed by atoms with E-state index in [9.17, 15) is 8.42 Å². The average molecular weight is 312 g/mol. The van der Waals surface area contributed by atoms with Crippen molar-refractivity contribution in [1.82, 2.24) is 0 Å². The van der Waals surface area contributed by atoms with E-state index in [0.29, 0.717) is 16.4 Å². The molecule has 2 rings (SSSR count). The maximum Gasteiger partial charge on any atom is 0.229 e. The molecule has 0 saturated heterocycles. The minimum atomic E-state index is -3.27. The second kappa shape index (κ2) is 5.60. The maximum atomic E-state index is 11.1. The minimum absolute atomic E-state index is 0.502. The van der Waals surface area contributed by atoms with E-state index in [-0.39, 0.29) is 0 Å². The van der Waals surface area contributed by atoms with Gasteiger partial charge in [0.15, 0.2) is 0 Å². The molecular weight excluding hydrogens is 298 g/mol. The Morgan fingerprint density at radius 1 is 1.05 bits per heavy atom. The Morgan fingerprint density at radius 2 is 1.65 bits per heavy atom. The van der Waals surface area contributed by atoms with Gasteiger partial charge >= 0.3 is 0 Å². The molecule has 0 saturated carbocycles. The van der Waals surface area contributed by atoms with Gasteiger partial charge in [-0.25, -0.2) is 8.42 Å². The highest BCUT2D eigenvalue weighted by molar-refractivity contribution is 7.92. The van der Waals surface area contributed by atoms with Gasteiger partial charge in [-0.2, -0.15) is 0 Å². The summed E-state index contributed by atoms with van der Waals surface area (Å²) in [6.45, 7) is 0. The molecule has 7 heteroatoms. The Morgan fingerprint density at radius 3 is 2.20 bits per heavy atom. The summed E-state index contributed by atoms with van der Waals surface area (Å²) in [5, 5.41) is 3.70. The van der Waals surface area contributed by atoms with Crippen LogP contribution in [0.3, 0.4) is 0 Å². The second-order valence-electron chi connectivity index (χ2n) is 4.31. The lowest BCUT2D eigenvalue weighted by Crippen LogP contribution is -2.09. The van der Waals surface area contributed by atoms with E-state index in [2.05, 4.69) is 10.0 Å². The number of sulfonamides is 1. The van der Waals surface area contributed by atoms with Crippen LogP contribution >= 0.6 is 11.6 Å². The number of nitrogen functional groups attached to an aromatic ring is 1. The number of hydrogen-bond acceptors (Lipinski definition) is 4. The summed E-state index contributed by atoms with van der Waals surface area (Å²) in [6.07, 6.45) is 1.10. The summed E-state index contributed by atoms with van der Waals surface area (Å²) < 4.78 is 24.6. The smallest absolute Gasteiger partial charge is 0.229 e. The quantitative estimate of drug-likeness (QED) is 0.758. The van der Waals surface area contributed by atoms with E-state index in [4.69, 9.17) is 17.3 Å². The molecule has 0 aromatic heterocycles. The molecule has 0 aliphatic rings. The van der Waals surface area contributed by atoms with Crippen molar-refractivity contribution in [1.29, 1.82) is 0 Å². The fourth-order valence-corrected chi connectivity index (χ4v) is 2.38. The molecule has 0 aliphatic heterocycles. The molecule has 0 heterocycles. The zero-order valence-corrected chi connectivity index (χ0v) is 12.3. The van der Waals surface area contributed by atoms with Crippen LogP contribution in [0.25, 0.3) is 0 Å². The van der Waals surface area contributed by atoms with E-state index in [1.54, 1.807) is 42.5 Å². The first-order valence-corrected chi connectivity index (χ1v) is 8.00. The van der Waals surface area contributed by atoms with E-state index in [1.807, 2.05) is 0 Å². The summed E-state index contributed by atoms with van der Waals surface area (Å²) in [7, 11) is -3.27. The van der Waals surface area contributed by atoms with Gasteiger partial charge < -0.3 is 11.1 Å². The molecule has 0 amide bonds. The fourth-order valence-electron chi connectivity index (χ4n) is 1.64. The molecule has 0 radical (unpaired) electrons. The van der Waals surface area contributed by atoms with E-state index >= 15 is 0 Å². The lowest BCUT2D eigenvalue weighted by molar-refractivity contribution is 0.607. The van der Waals surface area contributed by atoms with Crippen LogP contribution < -0.4 is 15.8 Å². The third-order valence-corrected chi connectivity index (χ3v) is 3.32. The van der Waals surface area contributed by atoms with Gasteiger partial charge in [-0.3, -0.25) is 4.72 Å². The minimum Gasteiger partial charge on any atom is -0.397 e. The van der Waals surface area contributed by atoms with Crippen molar-refractivity contribution in [3.63, 3.8) is 0 Å². The molecular formula is C13H14ClN3O2S. The molecule has 0 bridgehead atoms. The summed E-state index contributed by atoms with van der Waals surface area (Å²) in [5.74, 6) is 0. The second-order valence-corrected chi connectivity index (χ2v) is 6.49. The Labute approximate surface area is 122 Å². The molecule has 5 nitrogen and oxygen atoms in total. The number of hydrogen-bond donors (Lipinski definition) is 3. The van der Waals surface area contributed by atoms with Crippen LogP contribution in [0.1, 0.15) is 0 Å². The summed E-state index contributed by atoms with van der Waals surface area (Å²) in [5.41, 5.74) is 8.41. The van der Waals surface area contributed by atoms with Gasteiger partial charge in [-0.1, -0.05) is 11.6 Å². The lowest BCUT2D eigenvalue weighted by atomic mass is 10.2. The van der Waals surface area contributed by atoms with Crippen LogP contribution in [0.4, 0.5) is 22.7 Å². The van der Waals surface area contributed by atoms with Crippen molar-refractivity contribution in [3.8, 4) is 0 Å². The molecule has 2 aromatic rings. The van der Waals surface area contributed by atoms with Crippen LogP contribution in [0.2, 0.25) is 5.02 Å². The molecule has 0 aliphatic carbocycles. The first kappa shape index (κ1) is 14.5. The van der Waals surface area contributed by atoms with Gasteiger partial charge in [0.2, 0.25) is 10.0 Å². The number of benzene rings is 2. The molecule has 2 aromatic carbocycles. The number of halogens is 1. The zero-order chi connectivity index (χ0) is 14.8. The van der Waals surface area contributed by atoms with Crippen molar-refractivity contribution in [2.24, 2.45) is 0 Å². The Hall–Kier alpha value is -1.92. The van der Waals surface area contributed by atoms with Gasteiger partial charge in [-0.05, 0) is 42.5 Å². The Balaban J connectivity index is 2.14. The summed E-state index contributed by atoms with van der Waals surface area (Å²) in [6, 6.07) is 12.0. The predicted octanol–water partition coefficient (Wildman–Crippen LogP) is 3.04. The number of rotatable bonds is 4. The van der Waals surface area contributed by atoms with Crippen molar-refractivity contribution in [2.45, 2.75) is 0 Å². The third-order valence-electron chi connectivity index (χ3n) is 2.48. The van der Waals surface area contributed by atoms with E-state index in [1.165, 1.54) is 0 Å². The summed E-state index contributed by atoms with van der Waals surface area (Å²) >= 11 is 5.83. The van der Waals surface area contributed by atoms with Crippen molar-refractivity contribution in [2.75, 3.05) is 22.0 Å². The van der Waals surface area contributed by atoms with Crippen LogP contribution in [0, 0.1) is 0 Å². The molecule has 0 atom stereocenters. The van der Waals surface area contributed by atoms with Gasteiger partial charge in [0.05, 0.1) is 17.6 Å². The molecule has 0 fully saturated rings. The van der Waals surface area contributed by atoms with Gasteiger partial charge in [0, 0.05) is 16.4 Å². The monoisotopic (exact) mass is 311 g/mol. The van der Waals surface area contributed by atoms with Crippen LogP contribution in [-0.2, 0) is 10.0 Å². The maximum absolute atomic E-state index is 11.1. The van der Waals surface area contributed by atoms with Gasteiger partial charge in [0.1, 0.15) is 0 Å². The fraction of sp³-hybridized carbons (Fsp3) is 0.0769. The van der Waals surface area contributed by atoms with Crippen LogP contribution in [0.5, 0.6) is 0 Å². The molecule has 0 unspecified atom stereocenters. The lowest BCUT2D eigenvalue weighted by Gasteiger charge is -2.10. The third kappa shape index (κ3) is 4.04. The predicted molar refractivity (Wildman–Crippen MR) is 84.1 cm³/mol. The summed E-state index contributed by atoms with van der Waals surface area (Å²) in [4.78, 5) is 0. The zero-order valence-electron chi connectivity index (χ0n) is 10.7. The van der Waals surface area contributed by atoms with Gasteiger partial charge in [-0.15, -0.1) is 0 Å². The molecule has 4 N–H and O–H groups in total. The first-order valence-electron chi connectivity index (χ1n) is 5.73. The molecule has 20 heavy (non-hydrogen) atoms. The highest BCUT2D eigenvalue weighted by Crippen LogP contribution is 2.26. The van der Waals surface area contributed by atoms with Crippen molar-refractivity contribution in [3.05, 3.63) is 47.5 Å². The van der Waals surface area contributed by atoms with Crippen molar-refractivity contribution < 1.29 is 8.42 Å². The largest absolute Gasteiger partial charge is 0.397 e. The normalized spacial score (nSPS) is 11.1. The highest BCUT2D eigenvalue weighted by Gasteiger charge is 2.03. The molecule has 106 valence electrons. The van der Waals surface area contributed by atoms with Crippen LogP contribution in [0.15, 0.2) is 42.5 Å². The standard InChI is InChI=1S/C13H14ClN3O2S/c1-20(18,19)17-11-5-3-10(4-6-11)16-13-7-2-9(14)8-12(13)15/h2-8,16-17H,15H2,1H3. The Bertz CT molecular complexity index is 715. The van der Waals surface area contributed by atoms with E-state index in [0.717, 1.165) is 17.6 Å². The van der Waals surface area contributed by atoms with Crippen molar-refractivity contribution >= 4 is 44.4 Å². The number of nitrogens with one attached hydrogen (secondary N) is 2. The highest BCUT2D eigenvalue weighted by atomic mass is 35.5. The first-order chi connectivity index (χ1) is 9.33. The van der Waals surface area contributed by atoms with Crippen LogP contribution in [-0.4, -0.2) is 14.7 Å². The van der Waals surface area contributed by atoms with E-state index < -0.39 is 10.0 Å². The number of anilines is 4. The average Bonchev–Trinajstić information content (AvgIpc) is 2.33. The Kier molecular flexibility index (Phi) is 4.06.